The minimum absolute atomic E-state index is 0.0292. The molecule has 0 fully saturated rings. The Kier molecular flexibility index (Phi) is 6.87. The van der Waals surface area contributed by atoms with Crippen molar-refractivity contribution >= 4 is 33.5 Å². The van der Waals surface area contributed by atoms with Gasteiger partial charge in [0, 0.05) is 13.5 Å². The van der Waals surface area contributed by atoms with Crippen molar-refractivity contribution in [3.05, 3.63) is 62.0 Å². The maximum Gasteiger partial charge on any atom is 0.346 e. The summed E-state index contributed by atoms with van der Waals surface area (Å²) in [5, 5.41) is 19.5. The number of carboxylic acid groups (broad SMARTS) is 2. The van der Waals surface area contributed by atoms with Gasteiger partial charge >= 0.3 is 11.9 Å². The van der Waals surface area contributed by atoms with E-state index < -0.39 is 23.5 Å². The van der Waals surface area contributed by atoms with Gasteiger partial charge in [-0.1, -0.05) is 29.8 Å². The van der Waals surface area contributed by atoms with Gasteiger partial charge < -0.3 is 14.9 Å². The fraction of sp³-hybridized carbons (Fsp3) is 0.364. The van der Waals surface area contributed by atoms with Gasteiger partial charge in [-0.25, -0.2) is 14.6 Å². The highest BCUT2D eigenvalue weighted by atomic mass is 32.1. The largest absolute Gasteiger partial charge is 0.480 e. The van der Waals surface area contributed by atoms with Gasteiger partial charge in [0.1, 0.15) is 21.6 Å². The zero-order chi connectivity index (χ0) is 22.7. The fourth-order valence-corrected chi connectivity index (χ4v) is 4.58. The number of rotatable bonds is 9. The lowest BCUT2D eigenvalue weighted by molar-refractivity contribution is -0.141. The van der Waals surface area contributed by atoms with Gasteiger partial charge in [-0.2, -0.15) is 0 Å². The second kappa shape index (κ2) is 9.40. The van der Waals surface area contributed by atoms with Gasteiger partial charge in [0.25, 0.3) is 5.56 Å². The predicted octanol–water partition coefficient (Wildman–Crippen LogP) is 3.22. The van der Waals surface area contributed by atoms with Crippen molar-refractivity contribution in [2.45, 2.75) is 39.2 Å². The molecule has 1 unspecified atom stereocenters. The van der Waals surface area contributed by atoms with E-state index in [1.54, 1.807) is 6.92 Å². The molecule has 0 aliphatic rings. The standard InChI is InChI=1S/C22H24N2O6S/c1-12-4-6-14(7-5-12)8-9-15(21(26)27)24-16(10-11-30-3)23-19-17(20(24)25)13(2)18(31-19)22(28)29/h4-7,15H,8-11H2,1-3H3,(H,26,27)(H,28,29). The summed E-state index contributed by atoms with van der Waals surface area (Å²) in [6.07, 6.45) is 0.893. The van der Waals surface area contributed by atoms with Crippen molar-refractivity contribution < 1.29 is 24.5 Å². The van der Waals surface area contributed by atoms with Crippen molar-refractivity contribution in [3.8, 4) is 0 Å². The SMILES string of the molecule is COCCc1nc2sc(C(=O)O)c(C)c2c(=O)n1C(CCc1ccc(C)cc1)C(=O)O. The minimum atomic E-state index is -1.14. The van der Waals surface area contributed by atoms with E-state index in [9.17, 15) is 24.6 Å². The number of hydrogen-bond donors (Lipinski definition) is 2. The van der Waals surface area contributed by atoms with E-state index in [4.69, 9.17) is 4.74 Å². The van der Waals surface area contributed by atoms with Crippen LogP contribution in [0.1, 0.15) is 44.6 Å². The first-order chi connectivity index (χ1) is 14.7. The van der Waals surface area contributed by atoms with Gasteiger partial charge in [0.2, 0.25) is 0 Å². The summed E-state index contributed by atoms with van der Waals surface area (Å²) in [6.45, 7) is 3.77. The number of hydrogen-bond acceptors (Lipinski definition) is 6. The Morgan fingerprint density at radius 1 is 1.16 bits per heavy atom. The van der Waals surface area contributed by atoms with E-state index in [2.05, 4.69) is 4.98 Å². The number of thiophene rings is 1. The van der Waals surface area contributed by atoms with E-state index in [1.165, 1.54) is 11.7 Å². The maximum absolute atomic E-state index is 13.4. The second-order valence-corrected chi connectivity index (χ2v) is 8.36. The number of aromatic carboxylic acids is 1. The lowest BCUT2D eigenvalue weighted by Gasteiger charge is -2.20. The number of aliphatic carboxylic acids is 1. The Bertz CT molecular complexity index is 1180. The van der Waals surface area contributed by atoms with Gasteiger partial charge in [-0.15, -0.1) is 11.3 Å². The summed E-state index contributed by atoms with van der Waals surface area (Å²) in [5.41, 5.74) is 1.85. The van der Waals surface area contributed by atoms with Crippen LogP contribution in [0.25, 0.3) is 10.2 Å². The minimum Gasteiger partial charge on any atom is -0.480 e. The van der Waals surface area contributed by atoms with E-state index >= 15 is 0 Å². The predicted molar refractivity (Wildman–Crippen MR) is 117 cm³/mol. The molecule has 31 heavy (non-hydrogen) atoms. The summed E-state index contributed by atoms with van der Waals surface area (Å²) in [7, 11) is 1.50. The third kappa shape index (κ3) is 4.67. The van der Waals surface area contributed by atoms with Crippen LogP contribution < -0.4 is 5.56 Å². The van der Waals surface area contributed by atoms with Gasteiger partial charge in [-0.05, 0) is 37.8 Å². The summed E-state index contributed by atoms with van der Waals surface area (Å²) < 4.78 is 6.30. The molecule has 0 saturated heterocycles. The molecule has 0 radical (unpaired) electrons. The van der Waals surface area contributed by atoms with Gasteiger partial charge in [0.15, 0.2) is 0 Å². The number of carbonyl (C=O) groups is 2. The highest BCUT2D eigenvalue weighted by Crippen LogP contribution is 2.29. The van der Waals surface area contributed by atoms with E-state index in [0.717, 1.165) is 22.5 Å². The summed E-state index contributed by atoms with van der Waals surface area (Å²) in [6, 6.07) is 6.65. The van der Waals surface area contributed by atoms with E-state index in [1.807, 2.05) is 31.2 Å². The summed E-state index contributed by atoms with van der Waals surface area (Å²) >= 11 is 0.922. The van der Waals surface area contributed by atoms with Crippen LogP contribution in [0.4, 0.5) is 0 Å². The normalized spacial score (nSPS) is 12.2. The Hall–Kier alpha value is -3.04. The third-order valence-electron chi connectivity index (χ3n) is 5.22. The number of nitrogens with zero attached hydrogens (tertiary/aromatic N) is 2. The Balaban J connectivity index is 2.12. The number of fused-ring (bicyclic) bond motifs is 1. The molecule has 0 aliphatic heterocycles. The molecule has 164 valence electrons. The molecule has 9 heteroatoms. The molecular formula is C22H24N2O6S. The van der Waals surface area contributed by atoms with Crippen molar-refractivity contribution in [2.24, 2.45) is 0 Å². The first kappa shape index (κ1) is 22.6. The molecule has 3 rings (SSSR count). The first-order valence-electron chi connectivity index (χ1n) is 9.79. The lowest BCUT2D eigenvalue weighted by atomic mass is 10.0. The van der Waals surface area contributed by atoms with Crippen LogP contribution in [0, 0.1) is 13.8 Å². The van der Waals surface area contributed by atoms with E-state index in [-0.39, 0.29) is 35.5 Å². The van der Waals surface area contributed by atoms with Crippen molar-refractivity contribution in [1.82, 2.24) is 9.55 Å². The fourth-order valence-electron chi connectivity index (χ4n) is 3.55. The molecule has 3 aromatic rings. The summed E-state index contributed by atoms with van der Waals surface area (Å²) in [5.74, 6) is -2.01. The van der Waals surface area contributed by atoms with Crippen LogP contribution in [0.15, 0.2) is 29.1 Å². The summed E-state index contributed by atoms with van der Waals surface area (Å²) in [4.78, 5) is 41.9. The average Bonchev–Trinajstić information content (AvgIpc) is 3.06. The number of ether oxygens (including phenoxy) is 1. The van der Waals surface area contributed by atoms with Crippen molar-refractivity contribution in [1.29, 1.82) is 0 Å². The zero-order valence-corrected chi connectivity index (χ0v) is 18.4. The zero-order valence-electron chi connectivity index (χ0n) is 17.5. The Labute approximate surface area is 182 Å². The molecule has 0 spiro atoms. The molecule has 1 atom stereocenters. The van der Waals surface area contributed by atoms with Crippen molar-refractivity contribution in [2.75, 3.05) is 13.7 Å². The highest BCUT2D eigenvalue weighted by Gasteiger charge is 2.28. The average molecular weight is 445 g/mol. The van der Waals surface area contributed by atoms with Crippen LogP contribution in [0.3, 0.4) is 0 Å². The molecule has 1 aromatic carbocycles. The topological polar surface area (TPSA) is 119 Å². The molecular weight excluding hydrogens is 420 g/mol. The Morgan fingerprint density at radius 3 is 2.42 bits per heavy atom. The molecule has 2 aromatic heterocycles. The number of benzene rings is 1. The third-order valence-corrected chi connectivity index (χ3v) is 6.39. The van der Waals surface area contributed by atoms with Gasteiger partial charge in [0.05, 0.1) is 12.0 Å². The molecule has 0 aliphatic carbocycles. The first-order valence-corrected chi connectivity index (χ1v) is 10.6. The number of methoxy groups -OCH3 is 1. The Morgan fingerprint density at radius 2 is 1.84 bits per heavy atom. The number of carboxylic acids is 2. The number of aryl methyl sites for hydroxylation is 3. The molecule has 2 heterocycles. The number of aromatic nitrogens is 2. The van der Waals surface area contributed by atoms with Crippen LogP contribution in [0.2, 0.25) is 0 Å². The van der Waals surface area contributed by atoms with E-state index in [0.29, 0.717) is 16.8 Å². The van der Waals surface area contributed by atoms with Crippen LogP contribution >= 0.6 is 11.3 Å². The molecule has 0 saturated carbocycles. The van der Waals surface area contributed by atoms with Crippen LogP contribution in [0.5, 0.6) is 0 Å². The van der Waals surface area contributed by atoms with Gasteiger partial charge in [-0.3, -0.25) is 9.36 Å². The smallest absolute Gasteiger partial charge is 0.346 e. The quantitative estimate of drug-likeness (QED) is 0.520. The van der Waals surface area contributed by atoms with Crippen molar-refractivity contribution in [3.63, 3.8) is 0 Å². The monoisotopic (exact) mass is 444 g/mol. The van der Waals surface area contributed by atoms with Crippen LogP contribution in [-0.4, -0.2) is 45.4 Å². The molecule has 0 amide bonds. The molecule has 0 bridgehead atoms. The highest BCUT2D eigenvalue weighted by molar-refractivity contribution is 7.20. The molecule has 2 N–H and O–H groups in total. The molecule has 8 nitrogen and oxygen atoms in total. The second-order valence-electron chi connectivity index (χ2n) is 7.37. The van der Waals surface area contributed by atoms with Crippen LogP contribution in [-0.2, 0) is 22.4 Å². The maximum atomic E-state index is 13.4. The lowest BCUT2D eigenvalue weighted by Crippen LogP contribution is -2.34.